The number of para-hydroxylation sites is 1. The third-order valence-electron chi connectivity index (χ3n) is 2.11. The van der Waals surface area contributed by atoms with E-state index in [1.165, 1.54) is 11.3 Å². The summed E-state index contributed by atoms with van der Waals surface area (Å²) in [5, 5.41) is 3.10. The highest BCUT2D eigenvalue weighted by Crippen LogP contribution is 2.39. The topological polar surface area (TPSA) is 31.4 Å². The van der Waals surface area contributed by atoms with Crippen LogP contribution in [-0.4, -0.2) is 19.2 Å². The van der Waals surface area contributed by atoms with Gasteiger partial charge in [0.1, 0.15) is 10.2 Å². The van der Waals surface area contributed by atoms with Crippen LogP contribution < -0.4 is 9.47 Å². The summed E-state index contributed by atoms with van der Waals surface area (Å²) in [6, 6.07) is 5.67. The molecule has 5 heteroatoms. The Balaban J connectivity index is 2.56. The van der Waals surface area contributed by atoms with Crippen LogP contribution >= 0.6 is 22.9 Å². The summed E-state index contributed by atoms with van der Waals surface area (Å²) in [4.78, 5) is 4.21. The SMILES string of the molecule is COc1cccc(-c2nc(Cl)cs2)c1OC. The number of benzene rings is 1. The molecule has 0 aliphatic heterocycles. The molecule has 1 heterocycles. The van der Waals surface area contributed by atoms with E-state index in [9.17, 15) is 0 Å². The van der Waals surface area contributed by atoms with Crippen LogP contribution in [0.3, 0.4) is 0 Å². The second kappa shape index (κ2) is 4.72. The molecule has 3 nitrogen and oxygen atoms in total. The van der Waals surface area contributed by atoms with Gasteiger partial charge in [-0.25, -0.2) is 4.98 Å². The van der Waals surface area contributed by atoms with Crippen LogP contribution in [0.2, 0.25) is 5.15 Å². The van der Waals surface area contributed by atoms with Gasteiger partial charge in [-0.1, -0.05) is 17.7 Å². The number of aromatic nitrogens is 1. The molecule has 0 atom stereocenters. The van der Waals surface area contributed by atoms with Crippen molar-refractivity contribution in [1.82, 2.24) is 4.98 Å². The highest BCUT2D eigenvalue weighted by Gasteiger charge is 2.13. The van der Waals surface area contributed by atoms with Crippen LogP contribution in [-0.2, 0) is 0 Å². The normalized spacial score (nSPS) is 10.2. The van der Waals surface area contributed by atoms with Crippen molar-refractivity contribution in [2.45, 2.75) is 0 Å². The van der Waals surface area contributed by atoms with Gasteiger partial charge in [0.2, 0.25) is 0 Å². The number of hydrogen-bond donors (Lipinski definition) is 0. The minimum Gasteiger partial charge on any atom is -0.493 e. The first-order valence-corrected chi connectivity index (χ1v) is 5.84. The monoisotopic (exact) mass is 255 g/mol. The molecule has 0 saturated carbocycles. The fourth-order valence-electron chi connectivity index (χ4n) is 1.43. The van der Waals surface area contributed by atoms with Crippen LogP contribution in [0, 0.1) is 0 Å². The van der Waals surface area contributed by atoms with Crippen LogP contribution in [0.1, 0.15) is 0 Å². The maximum absolute atomic E-state index is 5.81. The van der Waals surface area contributed by atoms with E-state index in [0.717, 1.165) is 10.6 Å². The summed E-state index contributed by atoms with van der Waals surface area (Å²) >= 11 is 7.28. The lowest BCUT2D eigenvalue weighted by Gasteiger charge is -2.10. The summed E-state index contributed by atoms with van der Waals surface area (Å²) in [5.41, 5.74) is 0.888. The van der Waals surface area contributed by atoms with Crippen molar-refractivity contribution in [3.63, 3.8) is 0 Å². The van der Waals surface area contributed by atoms with Crippen LogP contribution in [0.25, 0.3) is 10.6 Å². The molecule has 0 N–H and O–H groups in total. The fraction of sp³-hybridized carbons (Fsp3) is 0.182. The molecule has 0 amide bonds. The van der Waals surface area contributed by atoms with E-state index in [1.54, 1.807) is 19.6 Å². The van der Waals surface area contributed by atoms with Gasteiger partial charge in [-0.3, -0.25) is 0 Å². The lowest BCUT2D eigenvalue weighted by atomic mass is 10.2. The van der Waals surface area contributed by atoms with E-state index in [4.69, 9.17) is 21.1 Å². The molecule has 0 saturated heterocycles. The van der Waals surface area contributed by atoms with E-state index in [2.05, 4.69) is 4.98 Å². The van der Waals surface area contributed by atoms with Crippen molar-refractivity contribution in [3.8, 4) is 22.1 Å². The maximum atomic E-state index is 5.81. The van der Waals surface area contributed by atoms with Crippen molar-refractivity contribution < 1.29 is 9.47 Å². The van der Waals surface area contributed by atoms with Gasteiger partial charge in [-0.2, -0.15) is 0 Å². The summed E-state index contributed by atoms with van der Waals surface area (Å²) < 4.78 is 10.6. The Morgan fingerprint density at radius 1 is 1.25 bits per heavy atom. The van der Waals surface area contributed by atoms with E-state index in [1.807, 2.05) is 18.2 Å². The van der Waals surface area contributed by atoms with Gasteiger partial charge in [-0.05, 0) is 12.1 Å². The molecule has 0 fully saturated rings. The molecular formula is C11H10ClNO2S. The maximum Gasteiger partial charge on any atom is 0.170 e. The summed E-state index contributed by atoms with van der Waals surface area (Å²) in [6.07, 6.45) is 0. The molecule has 0 unspecified atom stereocenters. The summed E-state index contributed by atoms with van der Waals surface area (Å²) in [6.45, 7) is 0. The zero-order chi connectivity index (χ0) is 11.5. The van der Waals surface area contributed by atoms with Crippen molar-refractivity contribution in [2.24, 2.45) is 0 Å². The largest absolute Gasteiger partial charge is 0.493 e. The van der Waals surface area contributed by atoms with Gasteiger partial charge in [0.25, 0.3) is 0 Å². The van der Waals surface area contributed by atoms with Gasteiger partial charge in [0.05, 0.1) is 19.8 Å². The molecule has 0 aliphatic rings. The quantitative estimate of drug-likeness (QED) is 0.841. The van der Waals surface area contributed by atoms with E-state index in [0.29, 0.717) is 16.7 Å². The highest BCUT2D eigenvalue weighted by molar-refractivity contribution is 7.13. The number of methoxy groups -OCH3 is 2. The van der Waals surface area contributed by atoms with Gasteiger partial charge in [0, 0.05) is 5.38 Å². The standard InChI is InChI=1S/C11H10ClNO2S/c1-14-8-5-3-4-7(10(8)15-2)11-13-9(12)6-16-11/h3-6H,1-2H3. The Kier molecular flexibility index (Phi) is 3.31. The second-order valence-corrected chi connectivity index (χ2v) is 4.26. The summed E-state index contributed by atoms with van der Waals surface area (Å²) in [5.74, 6) is 1.36. The second-order valence-electron chi connectivity index (χ2n) is 3.02. The molecule has 0 bridgehead atoms. The molecular weight excluding hydrogens is 246 g/mol. The Bertz CT molecular complexity index is 498. The molecule has 1 aromatic carbocycles. The fourth-order valence-corrected chi connectivity index (χ4v) is 2.40. The van der Waals surface area contributed by atoms with Crippen molar-refractivity contribution in [1.29, 1.82) is 0 Å². The first-order chi connectivity index (χ1) is 7.76. The molecule has 0 aliphatic carbocycles. The molecule has 16 heavy (non-hydrogen) atoms. The van der Waals surface area contributed by atoms with Crippen LogP contribution in [0.5, 0.6) is 11.5 Å². The number of rotatable bonds is 3. The zero-order valence-corrected chi connectivity index (χ0v) is 10.4. The number of nitrogens with zero attached hydrogens (tertiary/aromatic N) is 1. The molecule has 2 aromatic rings. The average Bonchev–Trinajstić information content (AvgIpc) is 2.74. The molecule has 2 rings (SSSR count). The average molecular weight is 256 g/mol. The number of hydrogen-bond acceptors (Lipinski definition) is 4. The number of thiazole rings is 1. The van der Waals surface area contributed by atoms with E-state index < -0.39 is 0 Å². The Morgan fingerprint density at radius 3 is 2.62 bits per heavy atom. The minimum absolute atomic E-state index is 0.491. The zero-order valence-electron chi connectivity index (χ0n) is 8.86. The van der Waals surface area contributed by atoms with Gasteiger partial charge in [0.15, 0.2) is 11.5 Å². The van der Waals surface area contributed by atoms with Crippen molar-refractivity contribution in [2.75, 3.05) is 14.2 Å². The lowest BCUT2D eigenvalue weighted by Crippen LogP contribution is -1.92. The predicted octanol–water partition coefficient (Wildman–Crippen LogP) is 3.48. The predicted molar refractivity (Wildman–Crippen MR) is 65.7 cm³/mol. The summed E-state index contributed by atoms with van der Waals surface area (Å²) in [7, 11) is 3.22. The molecule has 0 radical (unpaired) electrons. The Labute approximate surface area is 103 Å². The van der Waals surface area contributed by atoms with Crippen LogP contribution in [0.4, 0.5) is 0 Å². The van der Waals surface area contributed by atoms with E-state index >= 15 is 0 Å². The number of ether oxygens (including phenoxy) is 2. The number of halogens is 1. The first-order valence-electron chi connectivity index (χ1n) is 4.58. The minimum atomic E-state index is 0.491. The molecule has 1 aromatic heterocycles. The van der Waals surface area contributed by atoms with E-state index in [-0.39, 0.29) is 0 Å². The van der Waals surface area contributed by atoms with Gasteiger partial charge in [-0.15, -0.1) is 11.3 Å². The van der Waals surface area contributed by atoms with Gasteiger partial charge < -0.3 is 9.47 Å². The highest BCUT2D eigenvalue weighted by atomic mass is 35.5. The third kappa shape index (κ3) is 1.99. The van der Waals surface area contributed by atoms with Crippen LogP contribution in [0.15, 0.2) is 23.6 Å². The first kappa shape index (κ1) is 11.2. The lowest BCUT2D eigenvalue weighted by molar-refractivity contribution is 0.356. The van der Waals surface area contributed by atoms with Crippen molar-refractivity contribution >= 4 is 22.9 Å². The third-order valence-corrected chi connectivity index (χ3v) is 3.31. The smallest absolute Gasteiger partial charge is 0.170 e. The Hall–Kier alpha value is -1.26. The van der Waals surface area contributed by atoms with Crippen molar-refractivity contribution in [3.05, 3.63) is 28.7 Å². The van der Waals surface area contributed by atoms with Gasteiger partial charge >= 0.3 is 0 Å². The molecule has 84 valence electrons. The molecule has 0 spiro atoms. The Morgan fingerprint density at radius 2 is 2.06 bits per heavy atom.